The van der Waals surface area contributed by atoms with Crippen molar-refractivity contribution in [1.29, 1.82) is 0 Å². The summed E-state index contributed by atoms with van der Waals surface area (Å²) >= 11 is 0. The molecule has 232 valence electrons. The topological polar surface area (TPSA) is 127 Å². The first-order chi connectivity index (χ1) is 21.2. The zero-order valence-corrected chi connectivity index (χ0v) is 26.0. The molecule has 3 aromatic carbocycles. The van der Waals surface area contributed by atoms with Crippen LogP contribution in [0.2, 0.25) is 0 Å². The summed E-state index contributed by atoms with van der Waals surface area (Å²) in [7, 11) is -0.794. The highest BCUT2D eigenvalue weighted by atomic mass is 32.2. The SMILES string of the molecule is CCOc1ccc(C(C(=O)NC2CCCCC2)N(C(=O)Cn2nnc3ccccc32)c2ccc(S(=O)(=O)N(C)C)cc2)cc1. The zero-order valence-electron chi connectivity index (χ0n) is 25.2. The van der Waals surface area contributed by atoms with Gasteiger partial charge in [-0.05, 0) is 73.9 Å². The summed E-state index contributed by atoms with van der Waals surface area (Å²) < 4.78 is 33.9. The number of carbonyl (C=O) groups excluding carboxylic acids is 2. The van der Waals surface area contributed by atoms with Gasteiger partial charge in [0.25, 0.3) is 0 Å². The van der Waals surface area contributed by atoms with Crippen molar-refractivity contribution >= 4 is 38.6 Å². The third-order valence-electron chi connectivity index (χ3n) is 7.83. The van der Waals surface area contributed by atoms with Crippen LogP contribution in [-0.2, 0) is 26.2 Å². The molecule has 4 aromatic rings. The van der Waals surface area contributed by atoms with Gasteiger partial charge in [0.15, 0.2) is 0 Å². The third-order valence-corrected chi connectivity index (χ3v) is 9.66. The zero-order chi connectivity index (χ0) is 31.3. The number of hydrogen-bond donors (Lipinski definition) is 1. The van der Waals surface area contributed by atoms with Crippen LogP contribution in [0.4, 0.5) is 5.69 Å². The average Bonchev–Trinajstić information content (AvgIpc) is 3.43. The summed E-state index contributed by atoms with van der Waals surface area (Å²) in [6.45, 7) is 2.19. The minimum absolute atomic E-state index is 0.00488. The van der Waals surface area contributed by atoms with Crippen molar-refractivity contribution < 1.29 is 22.7 Å². The van der Waals surface area contributed by atoms with E-state index >= 15 is 0 Å². The number of aromatic nitrogens is 3. The van der Waals surface area contributed by atoms with Crippen molar-refractivity contribution in [2.45, 2.75) is 62.6 Å². The Morgan fingerprint density at radius 2 is 1.66 bits per heavy atom. The van der Waals surface area contributed by atoms with Crippen molar-refractivity contribution in [3.63, 3.8) is 0 Å². The van der Waals surface area contributed by atoms with Crippen LogP contribution in [0, 0.1) is 0 Å². The van der Waals surface area contributed by atoms with Gasteiger partial charge in [0.1, 0.15) is 23.9 Å². The normalized spacial score (nSPS) is 14.8. The van der Waals surface area contributed by atoms with E-state index in [0.717, 1.165) is 36.4 Å². The Morgan fingerprint density at radius 1 is 0.977 bits per heavy atom. The van der Waals surface area contributed by atoms with Crippen molar-refractivity contribution in [3.8, 4) is 5.75 Å². The van der Waals surface area contributed by atoms with Gasteiger partial charge in [0.05, 0.1) is 17.0 Å². The van der Waals surface area contributed by atoms with E-state index < -0.39 is 22.0 Å². The minimum Gasteiger partial charge on any atom is -0.494 e. The lowest BCUT2D eigenvalue weighted by molar-refractivity contribution is -0.127. The van der Waals surface area contributed by atoms with Gasteiger partial charge in [-0.3, -0.25) is 14.5 Å². The molecule has 0 spiro atoms. The number of nitrogens with zero attached hydrogens (tertiary/aromatic N) is 5. The van der Waals surface area contributed by atoms with Crippen molar-refractivity contribution in [2.24, 2.45) is 0 Å². The van der Waals surface area contributed by atoms with E-state index in [4.69, 9.17) is 4.74 Å². The third kappa shape index (κ3) is 6.76. The molecule has 1 aliphatic carbocycles. The van der Waals surface area contributed by atoms with Crippen LogP contribution in [0.5, 0.6) is 5.75 Å². The van der Waals surface area contributed by atoms with Crippen molar-refractivity contribution in [3.05, 3.63) is 78.4 Å². The molecular formula is C32H38N6O5S. The molecule has 0 saturated heterocycles. The maximum absolute atomic E-state index is 14.3. The van der Waals surface area contributed by atoms with Crippen LogP contribution in [0.25, 0.3) is 11.0 Å². The smallest absolute Gasteiger partial charge is 0.249 e. The maximum atomic E-state index is 14.3. The fourth-order valence-corrected chi connectivity index (χ4v) is 6.42. The maximum Gasteiger partial charge on any atom is 0.249 e. The molecule has 1 heterocycles. The number of hydrogen-bond acceptors (Lipinski definition) is 7. The Bertz CT molecular complexity index is 1700. The predicted molar refractivity (Wildman–Crippen MR) is 168 cm³/mol. The van der Waals surface area contributed by atoms with Crippen molar-refractivity contribution in [1.82, 2.24) is 24.6 Å². The van der Waals surface area contributed by atoms with E-state index in [9.17, 15) is 18.0 Å². The van der Waals surface area contributed by atoms with Crippen LogP contribution < -0.4 is 15.0 Å². The van der Waals surface area contributed by atoms with E-state index in [1.807, 2.05) is 31.2 Å². The molecule has 5 rings (SSSR count). The number of rotatable bonds is 11. The van der Waals surface area contributed by atoms with Gasteiger partial charge < -0.3 is 10.1 Å². The van der Waals surface area contributed by atoms with Gasteiger partial charge in [0, 0.05) is 25.8 Å². The van der Waals surface area contributed by atoms with Crippen LogP contribution in [0.3, 0.4) is 0 Å². The highest BCUT2D eigenvalue weighted by molar-refractivity contribution is 7.89. The molecule has 1 unspecified atom stereocenters. The molecule has 11 nitrogen and oxygen atoms in total. The number of anilines is 1. The molecule has 12 heteroatoms. The molecule has 0 aliphatic heterocycles. The van der Waals surface area contributed by atoms with Gasteiger partial charge in [-0.25, -0.2) is 17.4 Å². The standard InChI is InChI=1S/C32H38N6O5S/c1-4-43-26-18-14-23(15-19-26)31(32(40)33-24-10-6-5-7-11-24)38(25-16-20-27(21-17-25)44(41,42)36(2)3)30(39)22-37-29-13-9-8-12-28(29)34-35-37/h8-9,12-21,24,31H,4-7,10-11,22H2,1-3H3,(H,33,40). The van der Waals surface area contributed by atoms with Crippen LogP contribution >= 0.6 is 0 Å². The summed E-state index contributed by atoms with van der Waals surface area (Å²) in [5.41, 5.74) is 2.28. The van der Waals surface area contributed by atoms with Gasteiger partial charge in [-0.1, -0.05) is 48.7 Å². The van der Waals surface area contributed by atoms with E-state index in [1.54, 1.807) is 36.4 Å². The molecular weight excluding hydrogens is 580 g/mol. The molecule has 1 fully saturated rings. The molecule has 0 bridgehead atoms. The van der Waals surface area contributed by atoms with E-state index in [-0.39, 0.29) is 23.4 Å². The lowest BCUT2D eigenvalue weighted by Crippen LogP contribution is -2.48. The van der Waals surface area contributed by atoms with Gasteiger partial charge >= 0.3 is 0 Å². The highest BCUT2D eigenvalue weighted by Gasteiger charge is 2.35. The monoisotopic (exact) mass is 618 g/mol. The fourth-order valence-electron chi connectivity index (χ4n) is 5.52. The number of sulfonamides is 1. The van der Waals surface area contributed by atoms with E-state index in [2.05, 4.69) is 15.6 Å². The summed E-state index contributed by atoms with van der Waals surface area (Å²) in [4.78, 5) is 30.0. The summed E-state index contributed by atoms with van der Waals surface area (Å²) in [6, 6.07) is 19.4. The molecule has 1 aliphatic rings. The van der Waals surface area contributed by atoms with Gasteiger partial charge in [-0.15, -0.1) is 5.10 Å². The van der Waals surface area contributed by atoms with E-state index in [1.165, 1.54) is 35.8 Å². The Hall–Kier alpha value is -4.29. The predicted octanol–water partition coefficient (Wildman–Crippen LogP) is 4.30. The molecule has 1 N–H and O–H groups in total. The van der Waals surface area contributed by atoms with Crippen molar-refractivity contribution in [2.75, 3.05) is 25.6 Å². The summed E-state index contributed by atoms with van der Waals surface area (Å²) in [6.07, 6.45) is 4.94. The number of para-hydroxylation sites is 1. The van der Waals surface area contributed by atoms with Gasteiger partial charge in [-0.2, -0.15) is 0 Å². The van der Waals surface area contributed by atoms with Crippen LogP contribution in [0.15, 0.2) is 77.7 Å². The lowest BCUT2D eigenvalue weighted by Gasteiger charge is -2.33. The van der Waals surface area contributed by atoms with Crippen LogP contribution in [-0.4, -0.2) is 66.3 Å². The number of amides is 2. The Labute approximate surface area is 257 Å². The highest BCUT2D eigenvalue weighted by Crippen LogP contribution is 2.32. The first kappa shape index (κ1) is 31.1. The first-order valence-corrected chi connectivity index (χ1v) is 16.3. The average molecular weight is 619 g/mol. The Balaban J connectivity index is 1.59. The molecule has 1 saturated carbocycles. The number of carbonyl (C=O) groups is 2. The molecule has 1 aromatic heterocycles. The number of fused-ring (bicyclic) bond motifs is 1. The molecule has 44 heavy (non-hydrogen) atoms. The molecule has 1 atom stereocenters. The van der Waals surface area contributed by atoms with Crippen LogP contribution in [0.1, 0.15) is 50.6 Å². The summed E-state index contributed by atoms with van der Waals surface area (Å²) in [5, 5.41) is 11.6. The number of ether oxygens (including phenoxy) is 1. The number of benzene rings is 3. The van der Waals surface area contributed by atoms with E-state index in [0.29, 0.717) is 34.6 Å². The second-order valence-electron chi connectivity index (χ2n) is 11.0. The quantitative estimate of drug-likeness (QED) is 0.266. The molecule has 0 radical (unpaired) electrons. The number of nitrogens with one attached hydrogen (secondary N) is 1. The Kier molecular flexibility index (Phi) is 9.60. The second-order valence-corrected chi connectivity index (χ2v) is 13.2. The fraction of sp³-hybridized carbons (Fsp3) is 0.375. The summed E-state index contributed by atoms with van der Waals surface area (Å²) in [5.74, 6) is -0.0858. The second kappa shape index (κ2) is 13.6. The largest absolute Gasteiger partial charge is 0.494 e. The van der Waals surface area contributed by atoms with Gasteiger partial charge in [0.2, 0.25) is 21.8 Å². The lowest BCUT2D eigenvalue weighted by atomic mass is 9.94. The Morgan fingerprint density at radius 3 is 2.32 bits per heavy atom. The first-order valence-electron chi connectivity index (χ1n) is 14.8. The molecule has 2 amide bonds. The minimum atomic E-state index is -3.71.